The quantitative estimate of drug-likeness (QED) is 0.158. The Morgan fingerprint density at radius 3 is 2.44 bits per heavy atom. The van der Waals surface area contributed by atoms with Crippen molar-refractivity contribution < 1.29 is 40.7 Å². The minimum absolute atomic E-state index is 0.00245. The van der Waals surface area contributed by atoms with Crippen LogP contribution in [-0.2, 0) is 26.0 Å². The first-order chi connectivity index (χ1) is 18.4. The summed E-state index contributed by atoms with van der Waals surface area (Å²) in [4.78, 5) is 27.6. The SMILES string of the molecule is COC(=O)C(=O)c1c(-c2ccc(Cl)c(S(=O)(=O)NCCc3ccccc3OC(F)(F)F)c2)[nH]c2ccccc12. The number of sulfonamides is 1. The summed E-state index contributed by atoms with van der Waals surface area (Å²) in [7, 11) is -3.19. The number of benzene rings is 3. The van der Waals surface area contributed by atoms with Gasteiger partial charge >= 0.3 is 12.3 Å². The summed E-state index contributed by atoms with van der Waals surface area (Å²) in [5, 5.41) is 0.295. The Morgan fingerprint density at radius 1 is 1.03 bits per heavy atom. The zero-order valence-electron chi connectivity index (χ0n) is 20.1. The van der Waals surface area contributed by atoms with Crippen molar-refractivity contribution in [1.82, 2.24) is 9.71 Å². The van der Waals surface area contributed by atoms with E-state index in [1.807, 2.05) is 0 Å². The van der Waals surface area contributed by atoms with Crippen LogP contribution in [0.25, 0.3) is 22.2 Å². The van der Waals surface area contributed by atoms with Crippen molar-refractivity contribution in [2.75, 3.05) is 13.7 Å². The first-order valence-electron chi connectivity index (χ1n) is 11.3. The molecular formula is C26H20ClF3N2O6S. The lowest BCUT2D eigenvalue weighted by atomic mass is 10.0. The van der Waals surface area contributed by atoms with Crippen LogP contribution < -0.4 is 9.46 Å². The molecule has 13 heteroatoms. The summed E-state index contributed by atoms with van der Waals surface area (Å²) >= 11 is 6.20. The Morgan fingerprint density at radius 2 is 1.72 bits per heavy atom. The van der Waals surface area contributed by atoms with Crippen LogP contribution in [0.2, 0.25) is 5.02 Å². The molecule has 0 amide bonds. The van der Waals surface area contributed by atoms with Crippen LogP contribution in [-0.4, -0.2) is 45.2 Å². The lowest BCUT2D eigenvalue weighted by Crippen LogP contribution is -2.27. The number of hydrogen-bond acceptors (Lipinski definition) is 6. The van der Waals surface area contributed by atoms with Gasteiger partial charge in [-0.2, -0.15) is 0 Å². The topological polar surface area (TPSA) is 115 Å². The standard InChI is InChI=1S/C26H20ClF3N2O6S/c1-37-25(34)24(33)22-17-7-3-4-8-19(17)32-23(22)16-10-11-18(27)21(14-16)39(35,36)31-13-12-15-6-2-5-9-20(15)38-26(28,29)30/h2-11,14,31-32H,12-13H2,1H3. The molecule has 2 N–H and O–H groups in total. The van der Waals surface area contributed by atoms with E-state index >= 15 is 0 Å². The van der Waals surface area contributed by atoms with E-state index in [0.717, 1.165) is 13.2 Å². The fourth-order valence-corrected chi connectivity index (χ4v) is 5.54. The Hall–Kier alpha value is -3.87. The number of Topliss-reactive ketones (excluding diaryl/α,β-unsaturated/α-hetero) is 1. The Balaban J connectivity index is 1.65. The number of carbonyl (C=O) groups excluding carboxylic acids is 2. The van der Waals surface area contributed by atoms with Crippen molar-refractivity contribution in [3.05, 3.63) is 82.9 Å². The first-order valence-corrected chi connectivity index (χ1v) is 13.1. The van der Waals surface area contributed by atoms with Gasteiger partial charge in [-0.15, -0.1) is 13.2 Å². The Kier molecular flexibility index (Phi) is 8.00. The van der Waals surface area contributed by atoms with Crippen LogP contribution in [0.5, 0.6) is 5.75 Å². The lowest BCUT2D eigenvalue weighted by molar-refractivity contribution is -0.274. The zero-order chi connectivity index (χ0) is 28.4. The molecule has 0 unspecified atom stereocenters. The fraction of sp³-hybridized carbons (Fsp3) is 0.154. The number of halogens is 4. The van der Waals surface area contributed by atoms with Crippen LogP contribution >= 0.6 is 11.6 Å². The molecule has 0 atom stereocenters. The first kappa shape index (κ1) is 28.1. The number of ketones is 1. The largest absolute Gasteiger partial charge is 0.573 e. The highest BCUT2D eigenvalue weighted by Gasteiger charge is 2.32. The second-order valence-electron chi connectivity index (χ2n) is 8.19. The third kappa shape index (κ3) is 6.24. The third-order valence-corrected chi connectivity index (χ3v) is 7.64. The average Bonchev–Trinajstić information content (AvgIpc) is 3.27. The predicted octanol–water partition coefficient (Wildman–Crippen LogP) is 5.26. The van der Waals surface area contributed by atoms with E-state index in [1.165, 1.54) is 36.4 Å². The van der Waals surface area contributed by atoms with E-state index in [-0.39, 0.29) is 45.3 Å². The van der Waals surface area contributed by atoms with Gasteiger partial charge in [-0.3, -0.25) is 4.79 Å². The van der Waals surface area contributed by atoms with E-state index in [9.17, 15) is 31.2 Å². The second kappa shape index (κ2) is 11.1. The van der Waals surface area contributed by atoms with Crippen LogP contribution in [0.15, 0.2) is 71.6 Å². The maximum Gasteiger partial charge on any atom is 0.573 e. The van der Waals surface area contributed by atoms with Crippen LogP contribution in [0.3, 0.4) is 0 Å². The number of H-pyrrole nitrogens is 1. The molecule has 0 aliphatic carbocycles. The zero-order valence-corrected chi connectivity index (χ0v) is 21.7. The van der Waals surface area contributed by atoms with Crippen molar-refractivity contribution in [1.29, 1.82) is 0 Å². The van der Waals surface area contributed by atoms with Gasteiger partial charge in [0.15, 0.2) is 0 Å². The maximum absolute atomic E-state index is 13.1. The molecule has 204 valence electrons. The molecule has 0 aliphatic rings. The normalized spacial score (nSPS) is 11.9. The van der Waals surface area contributed by atoms with Gasteiger partial charge in [0, 0.05) is 23.0 Å². The van der Waals surface area contributed by atoms with Crippen molar-refractivity contribution in [2.45, 2.75) is 17.7 Å². The number of fused-ring (bicyclic) bond motifs is 1. The van der Waals surface area contributed by atoms with Crippen molar-refractivity contribution in [3.8, 4) is 17.0 Å². The summed E-state index contributed by atoms with van der Waals surface area (Å²) in [6.07, 6.45) is -5.01. The summed E-state index contributed by atoms with van der Waals surface area (Å²) in [5.74, 6) is -2.47. The molecule has 0 radical (unpaired) electrons. The van der Waals surface area contributed by atoms with Gasteiger partial charge in [-0.05, 0) is 36.2 Å². The number of aromatic amines is 1. The highest BCUT2D eigenvalue weighted by Crippen LogP contribution is 2.34. The molecule has 0 saturated heterocycles. The second-order valence-corrected chi connectivity index (χ2v) is 10.3. The van der Waals surface area contributed by atoms with Gasteiger partial charge in [0.2, 0.25) is 10.0 Å². The predicted molar refractivity (Wildman–Crippen MR) is 137 cm³/mol. The third-order valence-electron chi connectivity index (χ3n) is 5.70. The van der Waals surface area contributed by atoms with Gasteiger partial charge in [-0.1, -0.05) is 54.1 Å². The maximum atomic E-state index is 13.1. The fourth-order valence-electron chi connectivity index (χ4n) is 3.99. The molecule has 0 saturated carbocycles. The monoisotopic (exact) mass is 580 g/mol. The molecule has 0 fully saturated rings. The molecule has 0 bridgehead atoms. The van der Waals surface area contributed by atoms with Crippen molar-refractivity contribution in [3.63, 3.8) is 0 Å². The van der Waals surface area contributed by atoms with Gasteiger partial charge in [0.25, 0.3) is 5.78 Å². The van der Waals surface area contributed by atoms with Crippen LogP contribution in [0.1, 0.15) is 15.9 Å². The number of methoxy groups -OCH3 is 1. The smallest absolute Gasteiger partial charge is 0.463 e. The Labute approximate surface area is 225 Å². The summed E-state index contributed by atoms with van der Waals surface area (Å²) in [6, 6.07) is 16.1. The van der Waals surface area contributed by atoms with E-state index in [0.29, 0.717) is 10.9 Å². The number of aromatic nitrogens is 1. The Bertz CT molecular complexity index is 1670. The molecule has 39 heavy (non-hydrogen) atoms. The number of para-hydroxylation sites is 2. The van der Waals surface area contributed by atoms with E-state index in [1.54, 1.807) is 24.3 Å². The van der Waals surface area contributed by atoms with E-state index in [4.69, 9.17) is 11.6 Å². The molecule has 4 rings (SSSR count). The number of carbonyl (C=O) groups is 2. The molecule has 4 aromatic rings. The van der Waals surface area contributed by atoms with Crippen LogP contribution in [0.4, 0.5) is 13.2 Å². The molecule has 0 spiro atoms. The molecule has 1 aromatic heterocycles. The van der Waals surface area contributed by atoms with Crippen LogP contribution in [0, 0.1) is 0 Å². The highest BCUT2D eigenvalue weighted by atomic mass is 35.5. The number of rotatable bonds is 9. The van der Waals surface area contributed by atoms with Crippen molar-refractivity contribution in [2.24, 2.45) is 0 Å². The van der Waals surface area contributed by atoms with Gasteiger partial charge < -0.3 is 14.5 Å². The minimum atomic E-state index is -4.90. The van der Waals surface area contributed by atoms with E-state index < -0.39 is 33.9 Å². The lowest BCUT2D eigenvalue weighted by Gasteiger charge is -2.14. The average molecular weight is 581 g/mol. The molecular weight excluding hydrogens is 561 g/mol. The molecule has 0 aliphatic heterocycles. The molecule has 1 heterocycles. The minimum Gasteiger partial charge on any atom is -0.463 e. The summed E-state index contributed by atoms with van der Waals surface area (Å²) in [6.45, 7) is -0.264. The summed E-state index contributed by atoms with van der Waals surface area (Å²) < 4.78 is 75.2. The van der Waals surface area contributed by atoms with Gasteiger partial charge in [0.05, 0.1) is 23.4 Å². The molecule has 3 aromatic carbocycles. The summed E-state index contributed by atoms with van der Waals surface area (Å²) in [5.41, 5.74) is 1.08. The number of hydrogen-bond donors (Lipinski definition) is 2. The number of ether oxygens (including phenoxy) is 2. The van der Waals surface area contributed by atoms with E-state index in [2.05, 4.69) is 19.2 Å². The number of esters is 1. The van der Waals surface area contributed by atoms with Gasteiger partial charge in [-0.25, -0.2) is 17.9 Å². The highest BCUT2D eigenvalue weighted by molar-refractivity contribution is 7.89. The van der Waals surface area contributed by atoms with Crippen molar-refractivity contribution >= 4 is 44.3 Å². The number of nitrogens with one attached hydrogen (secondary N) is 2. The van der Waals surface area contributed by atoms with Gasteiger partial charge in [0.1, 0.15) is 10.6 Å². The number of alkyl halides is 3. The molecule has 8 nitrogen and oxygen atoms in total.